The number of rotatable bonds is 4. The van der Waals surface area contributed by atoms with Crippen molar-refractivity contribution in [3.63, 3.8) is 0 Å². The molecule has 1 N–H and O–H groups in total. The Labute approximate surface area is 178 Å². The predicted molar refractivity (Wildman–Crippen MR) is 118 cm³/mol. The minimum Gasteiger partial charge on any atom is -0.416 e. The molecule has 4 aromatic rings. The highest BCUT2D eigenvalue weighted by Gasteiger charge is 2.20. The van der Waals surface area contributed by atoms with Gasteiger partial charge in [0.2, 0.25) is 17.3 Å². The second-order valence-electron chi connectivity index (χ2n) is 7.58. The summed E-state index contributed by atoms with van der Waals surface area (Å²) in [5, 5.41) is 12.0. The summed E-state index contributed by atoms with van der Waals surface area (Å²) in [6.07, 6.45) is 3.35. The zero-order valence-corrected chi connectivity index (χ0v) is 17.5. The van der Waals surface area contributed by atoms with Crippen LogP contribution < -0.4 is 15.6 Å². The first kappa shape index (κ1) is 19.4. The molecule has 1 fully saturated rings. The van der Waals surface area contributed by atoms with E-state index in [0.717, 1.165) is 37.3 Å². The SMILES string of the molecule is CCn1cc(-c2nnc(-c3ccc(C)cc3)o2)c(=O)c2cnc(N3CCNCC3)nc21. The van der Waals surface area contributed by atoms with Crippen molar-refractivity contribution in [1.82, 2.24) is 30.0 Å². The average molecular weight is 417 g/mol. The molecule has 5 rings (SSSR count). The minimum absolute atomic E-state index is 0.191. The van der Waals surface area contributed by atoms with Crippen LogP contribution in [-0.4, -0.2) is 50.9 Å². The summed E-state index contributed by atoms with van der Waals surface area (Å²) in [5.74, 6) is 1.21. The topological polar surface area (TPSA) is 102 Å². The van der Waals surface area contributed by atoms with Crippen LogP contribution in [0.2, 0.25) is 0 Å². The normalized spacial score (nSPS) is 14.3. The molecule has 0 atom stereocenters. The van der Waals surface area contributed by atoms with Gasteiger partial charge in [0.15, 0.2) is 0 Å². The van der Waals surface area contributed by atoms with E-state index >= 15 is 0 Å². The van der Waals surface area contributed by atoms with E-state index in [1.807, 2.05) is 42.7 Å². The van der Waals surface area contributed by atoms with E-state index in [0.29, 0.717) is 35.0 Å². The van der Waals surface area contributed by atoms with Crippen LogP contribution in [-0.2, 0) is 6.54 Å². The van der Waals surface area contributed by atoms with E-state index in [1.54, 1.807) is 12.4 Å². The van der Waals surface area contributed by atoms with Crippen LogP contribution in [0.5, 0.6) is 0 Å². The minimum atomic E-state index is -0.217. The Morgan fingerprint density at radius 1 is 1.10 bits per heavy atom. The van der Waals surface area contributed by atoms with Crippen molar-refractivity contribution in [2.75, 3.05) is 31.1 Å². The highest BCUT2D eigenvalue weighted by atomic mass is 16.4. The van der Waals surface area contributed by atoms with Crippen molar-refractivity contribution in [2.24, 2.45) is 0 Å². The van der Waals surface area contributed by atoms with Crippen molar-refractivity contribution in [1.29, 1.82) is 0 Å². The highest BCUT2D eigenvalue weighted by molar-refractivity contribution is 5.80. The molecule has 9 heteroatoms. The Balaban J connectivity index is 1.58. The maximum atomic E-state index is 13.2. The van der Waals surface area contributed by atoms with Gasteiger partial charge in [0, 0.05) is 50.7 Å². The number of nitrogens with one attached hydrogen (secondary N) is 1. The first-order chi connectivity index (χ1) is 15.1. The molecule has 0 aliphatic carbocycles. The van der Waals surface area contributed by atoms with Gasteiger partial charge in [-0.2, -0.15) is 4.98 Å². The summed E-state index contributed by atoms with van der Waals surface area (Å²) in [7, 11) is 0. The second-order valence-corrected chi connectivity index (χ2v) is 7.58. The van der Waals surface area contributed by atoms with Crippen LogP contribution >= 0.6 is 0 Å². The lowest BCUT2D eigenvalue weighted by Gasteiger charge is -2.27. The molecular formula is C22H23N7O2. The van der Waals surface area contributed by atoms with Gasteiger partial charge in [0.05, 0.1) is 5.39 Å². The summed E-state index contributed by atoms with van der Waals surface area (Å²) in [6, 6.07) is 7.80. The van der Waals surface area contributed by atoms with Crippen molar-refractivity contribution in [3.8, 4) is 22.9 Å². The van der Waals surface area contributed by atoms with Gasteiger partial charge in [0.1, 0.15) is 11.2 Å². The Hall–Kier alpha value is -3.59. The number of aryl methyl sites for hydroxylation is 2. The van der Waals surface area contributed by atoms with Gasteiger partial charge < -0.3 is 19.2 Å². The van der Waals surface area contributed by atoms with Gasteiger partial charge >= 0.3 is 0 Å². The molecule has 1 saturated heterocycles. The second kappa shape index (κ2) is 7.92. The van der Waals surface area contributed by atoms with E-state index in [1.165, 1.54) is 0 Å². The molecule has 0 bridgehead atoms. The molecule has 0 saturated carbocycles. The van der Waals surface area contributed by atoms with Crippen LogP contribution in [0.25, 0.3) is 33.9 Å². The number of hydrogen-bond donors (Lipinski definition) is 1. The number of piperazine rings is 1. The molecule has 3 aromatic heterocycles. The third kappa shape index (κ3) is 3.57. The molecular weight excluding hydrogens is 394 g/mol. The highest BCUT2D eigenvalue weighted by Crippen LogP contribution is 2.24. The fourth-order valence-corrected chi connectivity index (χ4v) is 3.72. The maximum Gasteiger partial charge on any atom is 0.253 e. The summed E-state index contributed by atoms with van der Waals surface area (Å²) >= 11 is 0. The average Bonchev–Trinajstić information content (AvgIpc) is 3.30. The van der Waals surface area contributed by atoms with Gasteiger partial charge in [0.25, 0.3) is 5.89 Å². The first-order valence-electron chi connectivity index (χ1n) is 10.4. The van der Waals surface area contributed by atoms with E-state index < -0.39 is 0 Å². The summed E-state index contributed by atoms with van der Waals surface area (Å²) in [6.45, 7) is 8.11. The Morgan fingerprint density at radius 3 is 2.58 bits per heavy atom. The zero-order valence-electron chi connectivity index (χ0n) is 17.5. The van der Waals surface area contributed by atoms with Crippen LogP contribution in [0.1, 0.15) is 12.5 Å². The molecule has 1 aromatic carbocycles. The van der Waals surface area contributed by atoms with Crippen LogP contribution in [0, 0.1) is 6.92 Å². The molecule has 0 spiro atoms. The standard InChI is InChI=1S/C22H23N7O2/c1-3-28-13-17(21-27-26-20(31-21)15-6-4-14(2)5-7-15)18(30)16-12-24-22(25-19(16)28)29-10-8-23-9-11-29/h4-7,12-13,23H,3,8-11H2,1-2H3. The van der Waals surface area contributed by atoms with Crippen LogP contribution in [0.4, 0.5) is 5.95 Å². The lowest BCUT2D eigenvalue weighted by Crippen LogP contribution is -2.44. The van der Waals surface area contributed by atoms with Crippen LogP contribution in [0.3, 0.4) is 0 Å². The Morgan fingerprint density at radius 2 is 1.84 bits per heavy atom. The summed E-state index contributed by atoms with van der Waals surface area (Å²) in [4.78, 5) is 24.5. The number of pyridine rings is 1. The molecule has 1 aliphatic heterocycles. The van der Waals surface area contributed by atoms with Gasteiger partial charge in [-0.25, -0.2) is 4.98 Å². The predicted octanol–water partition coefficient (Wildman–Crippen LogP) is 2.25. The fourth-order valence-electron chi connectivity index (χ4n) is 3.72. The van der Waals surface area contributed by atoms with E-state index in [4.69, 9.17) is 9.40 Å². The maximum absolute atomic E-state index is 13.2. The summed E-state index contributed by atoms with van der Waals surface area (Å²) < 4.78 is 7.78. The van der Waals surface area contributed by atoms with E-state index in [9.17, 15) is 4.79 Å². The third-order valence-electron chi connectivity index (χ3n) is 5.50. The van der Waals surface area contributed by atoms with Gasteiger partial charge in [-0.3, -0.25) is 4.79 Å². The fraction of sp³-hybridized carbons (Fsp3) is 0.318. The Kier molecular flexibility index (Phi) is 4.95. The smallest absolute Gasteiger partial charge is 0.253 e. The van der Waals surface area contributed by atoms with Gasteiger partial charge in [-0.15, -0.1) is 10.2 Å². The molecule has 4 heterocycles. The zero-order chi connectivity index (χ0) is 21.4. The van der Waals surface area contributed by atoms with Crippen molar-refractivity contribution >= 4 is 17.0 Å². The molecule has 1 aliphatic rings. The number of nitrogens with zero attached hydrogens (tertiary/aromatic N) is 6. The number of aromatic nitrogens is 5. The molecule has 0 amide bonds. The molecule has 158 valence electrons. The van der Waals surface area contributed by atoms with Crippen LogP contribution in [0.15, 0.2) is 45.9 Å². The van der Waals surface area contributed by atoms with Gasteiger partial charge in [-0.1, -0.05) is 17.7 Å². The first-order valence-corrected chi connectivity index (χ1v) is 10.4. The molecule has 0 radical (unpaired) electrons. The Bertz CT molecular complexity index is 1290. The lowest BCUT2D eigenvalue weighted by atomic mass is 10.1. The van der Waals surface area contributed by atoms with Crippen molar-refractivity contribution < 1.29 is 4.42 Å². The van der Waals surface area contributed by atoms with Gasteiger partial charge in [-0.05, 0) is 26.0 Å². The summed E-state index contributed by atoms with van der Waals surface area (Å²) in [5.41, 5.74) is 2.69. The van der Waals surface area contributed by atoms with E-state index in [2.05, 4.69) is 25.4 Å². The van der Waals surface area contributed by atoms with Crippen molar-refractivity contribution in [2.45, 2.75) is 20.4 Å². The monoisotopic (exact) mass is 417 g/mol. The number of anilines is 1. The van der Waals surface area contributed by atoms with E-state index in [-0.39, 0.29) is 11.3 Å². The number of benzene rings is 1. The number of fused-ring (bicyclic) bond motifs is 1. The lowest BCUT2D eigenvalue weighted by molar-refractivity contribution is 0.579. The van der Waals surface area contributed by atoms with Crippen molar-refractivity contribution in [3.05, 3.63) is 52.4 Å². The third-order valence-corrected chi connectivity index (χ3v) is 5.50. The molecule has 0 unspecified atom stereocenters. The quantitative estimate of drug-likeness (QED) is 0.539. The molecule has 31 heavy (non-hydrogen) atoms. The largest absolute Gasteiger partial charge is 0.416 e. The molecule has 9 nitrogen and oxygen atoms in total. The number of hydrogen-bond acceptors (Lipinski definition) is 8.